The molecule has 2 aliphatic heterocycles. The highest BCUT2D eigenvalue weighted by Crippen LogP contribution is 2.28. The average molecular weight is 393 g/mol. The van der Waals surface area contributed by atoms with Crippen molar-refractivity contribution in [2.24, 2.45) is 7.05 Å². The minimum Gasteiger partial charge on any atom is -0.346 e. The number of fused-ring (bicyclic) bond motifs is 1. The van der Waals surface area contributed by atoms with Crippen LogP contribution < -0.4 is 0 Å². The number of benzene rings is 2. The van der Waals surface area contributed by atoms with Crippen molar-refractivity contribution in [1.29, 1.82) is 0 Å². The highest BCUT2D eigenvalue weighted by Gasteiger charge is 2.13. The van der Waals surface area contributed by atoms with E-state index in [9.17, 15) is 0 Å². The van der Waals surface area contributed by atoms with Crippen LogP contribution in [-0.2, 0) is 13.6 Å². The lowest BCUT2D eigenvalue weighted by molar-refractivity contribution is 0.718. The Morgan fingerprint density at radius 3 is 2.27 bits per heavy atom. The molecule has 0 radical (unpaired) electrons. The molecule has 0 saturated carbocycles. The van der Waals surface area contributed by atoms with E-state index in [0.717, 1.165) is 35.0 Å². The first-order valence-electron chi connectivity index (χ1n) is 10.0. The molecule has 0 saturated heterocycles. The summed E-state index contributed by atoms with van der Waals surface area (Å²) >= 11 is 0. The molecule has 0 bridgehead atoms. The van der Waals surface area contributed by atoms with E-state index in [1.165, 1.54) is 22.3 Å². The van der Waals surface area contributed by atoms with Crippen LogP contribution in [0.1, 0.15) is 16.8 Å². The summed E-state index contributed by atoms with van der Waals surface area (Å²) in [6.45, 7) is 5.04. The fraction of sp³-hybridized carbons (Fsp3) is 0.160. The van der Waals surface area contributed by atoms with Crippen LogP contribution in [0.25, 0.3) is 33.9 Å². The Hall–Kier alpha value is -3.73. The first-order valence-corrected chi connectivity index (χ1v) is 10.0. The van der Waals surface area contributed by atoms with Gasteiger partial charge in [0.1, 0.15) is 5.69 Å². The minimum atomic E-state index is 0.749. The molecule has 0 amide bonds. The van der Waals surface area contributed by atoms with Crippen LogP contribution in [0.2, 0.25) is 0 Å². The fourth-order valence-corrected chi connectivity index (χ4v) is 3.64. The Bertz CT molecular complexity index is 1290. The molecule has 2 aromatic carbocycles. The van der Waals surface area contributed by atoms with Crippen LogP contribution >= 0.6 is 0 Å². The molecule has 3 heterocycles. The predicted molar refractivity (Wildman–Crippen MR) is 119 cm³/mol. The number of nitrogens with zero attached hydrogens (tertiary/aromatic N) is 5. The van der Waals surface area contributed by atoms with Crippen molar-refractivity contribution in [1.82, 2.24) is 24.1 Å². The maximum absolute atomic E-state index is 4.77. The first-order chi connectivity index (χ1) is 14.6. The Labute approximate surface area is 176 Å². The quantitative estimate of drug-likeness (QED) is 0.426. The zero-order valence-corrected chi connectivity index (χ0v) is 17.4. The van der Waals surface area contributed by atoms with Gasteiger partial charge < -0.3 is 9.13 Å². The molecule has 1 aromatic heterocycles. The van der Waals surface area contributed by atoms with Gasteiger partial charge in [0, 0.05) is 31.2 Å². The van der Waals surface area contributed by atoms with Gasteiger partial charge in [-0.2, -0.15) is 0 Å². The van der Waals surface area contributed by atoms with Gasteiger partial charge in [-0.1, -0.05) is 42.5 Å². The molecule has 30 heavy (non-hydrogen) atoms. The molecule has 0 fully saturated rings. The SMILES string of the molecule is Cc1ccc(-c2ccc(-c3nc4ccn(Cc5cncn5C)cc-4n3)cc2)cc1C. The number of imidazole rings is 2. The maximum atomic E-state index is 4.77. The molecule has 0 N–H and O–H groups in total. The molecule has 5 nitrogen and oxygen atoms in total. The minimum absolute atomic E-state index is 0.749. The predicted octanol–water partition coefficient (Wildman–Crippen LogP) is 5.12. The third kappa shape index (κ3) is 3.39. The Morgan fingerprint density at radius 1 is 0.800 bits per heavy atom. The van der Waals surface area contributed by atoms with E-state index in [4.69, 9.17) is 9.97 Å². The van der Waals surface area contributed by atoms with E-state index in [1.807, 2.05) is 42.6 Å². The van der Waals surface area contributed by atoms with Crippen molar-refractivity contribution in [2.45, 2.75) is 20.4 Å². The summed E-state index contributed by atoms with van der Waals surface area (Å²) in [5, 5.41) is 0. The van der Waals surface area contributed by atoms with E-state index in [-0.39, 0.29) is 0 Å². The monoisotopic (exact) mass is 393 g/mol. The van der Waals surface area contributed by atoms with Crippen LogP contribution in [0.4, 0.5) is 0 Å². The topological polar surface area (TPSA) is 48.5 Å². The molecule has 5 heteroatoms. The largest absolute Gasteiger partial charge is 0.346 e. The van der Waals surface area contributed by atoms with Gasteiger partial charge in [-0.25, -0.2) is 15.0 Å². The number of pyridine rings is 1. The van der Waals surface area contributed by atoms with Gasteiger partial charge >= 0.3 is 0 Å². The summed E-state index contributed by atoms with van der Waals surface area (Å²) in [5.74, 6) is 0.759. The maximum Gasteiger partial charge on any atom is 0.160 e. The van der Waals surface area contributed by atoms with E-state index in [2.05, 4.69) is 65.9 Å². The zero-order valence-electron chi connectivity index (χ0n) is 17.4. The van der Waals surface area contributed by atoms with Crippen molar-refractivity contribution in [3.8, 4) is 33.9 Å². The summed E-state index contributed by atoms with van der Waals surface area (Å²) in [4.78, 5) is 13.7. The van der Waals surface area contributed by atoms with Gasteiger partial charge in [-0.3, -0.25) is 0 Å². The van der Waals surface area contributed by atoms with Crippen molar-refractivity contribution in [2.75, 3.05) is 0 Å². The van der Waals surface area contributed by atoms with Crippen LogP contribution in [0.5, 0.6) is 0 Å². The number of hydrogen-bond donors (Lipinski definition) is 0. The molecule has 0 atom stereocenters. The lowest BCUT2D eigenvalue weighted by atomic mass is 9.99. The second-order valence-electron chi connectivity index (χ2n) is 7.81. The van der Waals surface area contributed by atoms with Gasteiger partial charge in [0.25, 0.3) is 0 Å². The summed E-state index contributed by atoms with van der Waals surface area (Å²) in [6.07, 6.45) is 7.78. The number of aromatic nitrogens is 5. The molecule has 0 aliphatic carbocycles. The molecular weight excluding hydrogens is 370 g/mol. The molecule has 0 unspecified atom stereocenters. The number of rotatable bonds is 4. The third-order valence-electron chi connectivity index (χ3n) is 5.67. The fourth-order valence-electron chi connectivity index (χ4n) is 3.64. The smallest absolute Gasteiger partial charge is 0.160 e. The second-order valence-corrected chi connectivity index (χ2v) is 7.81. The average Bonchev–Trinajstić information content (AvgIpc) is 3.36. The van der Waals surface area contributed by atoms with E-state index >= 15 is 0 Å². The lowest BCUT2D eigenvalue weighted by Crippen LogP contribution is -2.04. The molecular formula is C25H23N5. The van der Waals surface area contributed by atoms with Crippen molar-refractivity contribution < 1.29 is 0 Å². The van der Waals surface area contributed by atoms with Gasteiger partial charge in [0.05, 0.1) is 24.3 Å². The third-order valence-corrected chi connectivity index (χ3v) is 5.67. The van der Waals surface area contributed by atoms with Crippen molar-refractivity contribution >= 4 is 0 Å². The number of hydrogen-bond acceptors (Lipinski definition) is 3. The van der Waals surface area contributed by atoms with Gasteiger partial charge in [-0.05, 0) is 42.2 Å². The number of aryl methyl sites for hydroxylation is 3. The second kappa shape index (κ2) is 7.26. The normalized spacial score (nSPS) is 11.3. The zero-order chi connectivity index (χ0) is 20.7. The summed E-state index contributed by atoms with van der Waals surface area (Å²) in [7, 11) is 2.00. The highest BCUT2D eigenvalue weighted by atomic mass is 15.1. The highest BCUT2D eigenvalue weighted by molar-refractivity contribution is 5.71. The molecule has 2 aliphatic rings. The lowest BCUT2D eigenvalue weighted by Gasteiger charge is -2.08. The summed E-state index contributed by atoms with van der Waals surface area (Å²) in [5.41, 5.74) is 9.02. The standard InChI is InChI=1S/C25H23N5/c1-17-4-5-21(12-18(17)2)19-6-8-20(9-7-19)25-27-23-10-11-30(15-24(23)28-25)14-22-13-26-16-29(22)3/h4-13,15-16H,14H2,1-3H3. The summed E-state index contributed by atoms with van der Waals surface area (Å²) < 4.78 is 4.14. The van der Waals surface area contributed by atoms with Crippen LogP contribution in [-0.4, -0.2) is 24.1 Å². The van der Waals surface area contributed by atoms with E-state index in [1.54, 1.807) is 0 Å². The Balaban J connectivity index is 1.42. The van der Waals surface area contributed by atoms with Crippen molar-refractivity contribution in [3.63, 3.8) is 0 Å². The molecule has 5 rings (SSSR count). The van der Waals surface area contributed by atoms with Gasteiger partial charge in [0.2, 0.25) is 0 Å². The molecule has 0 spiro atoms. The molecule has 3 aromatic rings. The first kappa shape index (κ1) is 18.3. The summed E-state index contributed by atoms with van der Waals surface area (Å²) in [6, 6.07) is 17.1. The Kier molecular flexibility index (Phi) is 4.43. The van der Waals surface area contributed by atoms with Crippen LogP contribution in [0.3, 0.4) is 0 Å². The van der Waals surface area contributed by atoms with Crippen LogP contribution in [0, 0.1) is 13.8 Å². The van der Waals surface area contributed by atoms with Gasteiger partial charge in [0.15, 0.2) is 5.82 Å². The van der Waals surface area contributed by atoms with E-state index in [0.29, 0.717) is 0 Å². The van der Waals surface area contributed by atoms with Crippen LogP contribution in [0.15, 0.2) is 73.4 Å². The Morgan fingerprint density at radius 2 is 1.53 bits per heavy atom. The van der Waals surface area contributed by atoms with E-state index < -0.39 is 0 Å². The van der Waals surface area contributed by atoms with Gasteiger partial charge in [-0.15, -0.1) is 0 Å². The van der Waals surface area contributed by atoms with Crippen molar-refractivity contribution in [3.05, 3.63) is 90.3 Å². The molecule has 148 valence electrons.